The number of nitrogens with two attached hydrogens (primary N) is 1. The predicted octanol–water partition coefficient (Wildman–Crippen LogP) is 3.72. The first-order valence-corrected chi connectivity index (χ1v) is 6.71. The Balaban J connectivity index is 2.32. The van der Waals surface area contributed by atoms with E-state index in [4.69, 9.17) is 5.73 Å². The van der Waals surface area contributed by atoms with Crippen molar-refractivity contribution in [1.82, 2.24) is 0 Å². The first-order chi connectivity index (χ1) is 9.11. The molecule has 19 heavy (non-hydrogen) atoms. The quantitative estimate of drug-likeness (QED) is 0.872. The van der Waals surface area contributed by atoms with Gasteiger partial charge in [0, 0.05) is 12.2 Å². The molecule has 2 nitrogen and oxygen atoms in total. The molecule has 2 rings (SSSR count). The molecular weight excluding hydrogens is 232 g/mol. The van der Waals surface area contributed by atoms with E-state index in [9.17, 15) is 0 Å². The van der Waals surface area contributed by atoms with Gasteiger partial charge in [0.1, 0.15) is 0 Å². The topological polar surface area (TPSA) is 38.0 Å². The van der Waals surface area contributed by atoms with E-state index in [-0.39, 0.29) is 6.04 Å². The summed E-state index contributed by atoms with van der Waals surface area (Å²) in [5, 5.41) is 3.52. The zero-order chi connectivity index (χ0) is 13.8. The molecule has 0 aliphatic heterocycles. The van der Waals surface area contributed by atoms with Gasteiger partial charge in [-0.3, -0.25) is 0 Å². The Bertz CT molecular complexity index is 523. The summed E-state index contributed by atoms with van der Waals surface area (Å²) in [6, 6.07) is 14.8. The fourth-order valence-electron chi connectivity index (χ4n) is 2.73. The largest absolute Gasteiger partial charge is 0.377 e. The Morgan fingerprint density at radius 3 is 2.11 bits per heavy atom. The van der Waals surface area contributed by atoms with Crippen LogP contribution in [-0.2, 0) is 0 Å². The van der Waals surface area contributed by atoms with Crippen LogP contribution in [0.4, 0.5) is 5.69 Å². The highest BCUT2D eigenvalue weighted by Gasteiger charge is 2.14. The van der Waals surface area contributed by atoms with Crippen LogP contribution < -0.4 is 11.1 Å². The van der Waals surface area contributed by atoms with E-state index in [0.717, 1.165) is 5.69 Å². The molecule has 0 aliphatic carbocycles. The second kappa shape index (κ2) is 5.89. The van der Waals surface area contributed by atoms with Gasteiger partial charge in [-0.15, -0.1) is 0 Å². The molecule has 0 fully saturated rings. The van der Waals surface area contributed by atoms with Crippen LogP contribution in [0.25, 0.3) is 0 Å². The zero-order valence-electron chi connectivity index (χ0n) is 11.9. The minimum Gasteiger partial charge on any atom is -0.377 e. The van der Waals surface area contributed by atoms with Gasteiger partial charge in [0.15, 0.2) is 0 Å². The summed E-state index contributed by atoms with van der Waals surface area (Å²) in [4.78, 5) is 0. The molecule has 2 heteroatoms. The molecule has 0 saturated carbocycles. The lowest BCUT2D eigenvalue weighted by atomic mass is 9.94. The van der Waals surface area contributed by atoms with Crippen molar-refractivity contribution in [1.29, 1.82) is 0 Å². The third-order valence-electron chi connectivity index (χ3n) is 3.44. The highest BCUT2D eigenvalue weighted by molar-refractivity contribution is 5.48. The summed E-state index contributed by atoms with van der Waals surface area (Å²) < 4.78 is 0. The SMILES string of the molecule is Cc1cc(C)c(C(CN)Nc2ccccc2)c(C)c1. The molecule has 0 saturated heterocycles. The van der Waals surface area contributed by atoms with E-state index in [1.807, 2.05) is 18.2 Å². The lowest BCUT2D eigenvalue weighted by molar-refractivity contribution is 0.776. The monoisotopic (exact) mass is 254 g/mol. The van der Waals surface area contributed by atoms with Crippen LogP contribution in [0.15, 0.2) is 42.5 Å². The van der Waals surface area contributed by atoms with Crippen LogP contribution in [0, 0.1) is 20.8 Å². The van der Waals surface area contributed by atoms with E-state index in [1.165, 1.54) is 22.3 Å². The van der Waals surface area contributed by atoms with Crippen molar-refractivity contribution in [2.75, 3.05) is 11.9 Å². The fourth-order valence-corrected chi connectivity index (χ4v) is 2.73. The number of para-hydroxylation sites is 1. The third-order valence-corrected chi connectivity index (χ3v) is 3.44. The van der Waals surface area contributed by atoms with Gasteiger partial charge in [-0.05, 0) is 49.6 Å². The molecule has 0 heterocycles. The summed E-state index contributed by atoms with van der Waals surface area (Å²) >= 11 is 0. The molecule has 0 aromatic heterocycles. The Hall–Kier alpha value is -1.80. The lowest BCUT2D eigenvalue weighted by Crippen LogP contribution is -2.22. The molecule has 1 unspecified atom stereocenters. The molecule has 0 bridgehead atoms. The fraction of sp³-hybridized carbons (Fsp3) is 0.294. The molecule has 3 N–H and O–H groups in total. The molecule has 0 spiro atoms. The van der Waals surface area contributed by atoms with Crippen molar-refractivity contribution in [3.63, 3.8) is 0 Å². The van der Waals surface area contributed by atoms with Gasteiger partial charge in [-0.25, -0.2) is 0 Å². The van der Waals surface area contributed by atoms with Crippen LogP contribution >= 0.6 is 0 Å². The highest BCUT2D eigenvalue weighted by Crippen LogP contribution is 2.26. The van der Waals surface area contributed by atoms with Gasteiger partial charge in [-0.1, -0.05) is 35.9 Å². The standard InChI is InChI=1S/C17H22N2/c1-12-9-13(2)17(14(3)10-12)16(11-18)19-15-7-5-4-6-8-15/h4-10,16,19H,11,18H2,1-3H3. The maximum absolute atomic E-state index is 5.97. The van der Waals surface area contributed by atoms with Crippen molar-refractivity contribution in [3.8, 4) is 0 Å². The van der Waals surface area contributed by atoms with Crippen molar-refractivity contribution < 1.29 is 0 Å². The Morgan fingerprint density at radius 2 is 1.58 bits per heavy atom. The average molecular weight is 254 g/mol. The van der Waals surface area contributed by atoms with Crippen molar-refractivity contribution in [2.45, 2.75) is 26.8 Å². The number of benzene rings is 2. The Labute approximate surface area is 115 Å². The van der Waals surface area contributed by atoms with Crippen LogP contribution in [0.5, 0.6) is 0 Å². The second-order valence-electron chi connectivity index (χ2n) is 5.11. The summed E-state index contributed by atoms with van der Waals surface area (Å²) in [7, 11) is 0. The van der Waals surface area contributed by atoms with Crippen LogP contribution in [-0.4, -0.2) is 6.54 Å². The molecule has 0 radical (unpaired) electrons. The number of rotatable bonds is 4. The van der Waals surface area contributed by atoms with Gasteiger partial charge in [0.05, 0.1) is 6.04 Å². The van der Waals surface area contributed by atoms with Gasteiger partial charge in [0.2, 0.25) is 0 Å². The normalized spacial score (nSPS) is 12.2. The van der Waals surface area contributed by atoms with Crippen molar-refractivity contribution >= 4 is 5.69 Å². The predicted molar refractivity (Wildman–Crippen MR) is 82.5 cm³/mol. The first-order valence-electron chi connectivity index (χ1n) is 6.71. The minimum atomic E-state index is 0.156. The van der Waals surface area contributed by atoms with Crippen LogP contribution in [0.1, 0.15) is 28.3 Å². The minimum absolute atomic E-state index is 0.156. The second-order valence-corrected chi connectivity index (χ2v) is 5.11. The Kier molecular flexibility index (Phi) is 4.23. The maximum atomic E-state index is 5.97. The number of nitrogens with one attached hydrogen (secondary N) is 1. The van der Waals surface area contributed by atoms with Gasteiger partial charge in [0.25, 0.3) is 0 Å². The van der Waals surface area contributed by atoms with Crippen LogP contribution in [0.3, 0.4) is 0 Å². The average Bonchev–Trinajstić information content (AvgIpc) is 2.37. The molecule has 100 valence electrons. The van der Waals surface area contributed by atoms with Crippen molar-refractivity contribution in [3.05, 3.63) is 64.7 Å². The molecule has 0 aliphatic rings. The summed E-state index contributed by atoms with van der Waals surface area (Å²) in [5.74, 6) is 0. The summed E-state index contributed by atoms with van der Waals surface area (Å²) in [6.45, 7) is 7.03. The number of hydrogen-bond donors (Lipinski definition) is 2. The van der Waals surface area contributed by atoms with Gasteiger partial charge in [-0.2, -0.15) is 0 Å². The van der Waals surface area contributed by atoms with Crippen LogP contribution in [0.2, 0.25) is 0 Å². The van der Waals surface area contributed by atoms with E-state index in [0.29, 0.717) is 6.54 Å². The van der Waals surface area contributed by atoms with E-state index in [2.05, 4.69) is 50.4 Å². The summed E-state index contributed by atoms with van der Waals surface area (Å²) in [5.41, 5.74) is 12.3. The smallest absolute Gasteiger partial charge is 0.0641 e. The van der Waals surface area contributed by atoms with Crippen molar-refractivity contribution in [2.24, 2.45) is 5.73 Å². The summed E-state index contributed by atoms with van der Waals surface area (Å²) in [6.07, 6.45) is 0. The first kappa shape index (κ1) is 13.6. The van der Waals surface area contributed by atoms with E-state index in [1.54, 1.807) is 0 Å². The molecular formula is C17H22N2. The van der Waals surface area contributed by atoms with Gasteiger partial charge < -0.3 is 11.1 Å². The number of hydrogen-bond acceptors (Lipinski definition) is 2. The highest BCUT2D eigenvalue weighted by atomic mass is 14.9. The molecule has 1 atom stereocenters. The van der Waals surface area contributed by atoms with E-state index < -0.39 is 0 Å². The Morgan fingerprint density at radius 1 is 1.00 bits per heavy atom. The molecule has 0 amide bonds. The number of anilines is 1. The molecule has 2 aromatic carbocycles. The number of aryl methyl sites for hydroxylation is 3. The molecule has 2 aromatic rings. The third kappa shape index (κ3) is 3.15. The van der Waals surface area contributed by atoms with Gasteiger partial charge >= 0.3 is 0 Å². The lowest BCUT2D eigenvalue weighted by Gasteiger charge is -2.23. The van der Waals surface area contributed by atoms with E-state index >= 15 is 0 Å². The zero-order valence-corrected chi connectivity index (χ0v) is 11.9. The maximum Gasteiger partial charge on any atom is 0.0641 e.